The van der Waals surface area contributed by atoms with Crippen LogP contribution in [0.4, 0.5) is 0 Å². The molecule has 0 unspecified atom stereocenters. The van der Waals surface area contributed by atoms with E-state index in [0.29, 0.717) is 28.7 Å². The molecule has 9 nitrogen and oxygen atoms in total. The molecule has 0 spiro atoms. The minimum Gasteiger partial charge on any atom is -0.548 e. The quantitative estimate of drug-likeness (QED) is 0.338. The lowest BCUT2D eigenvalue weighted by Gasteiger charge is -2.22. The van der Waals surface area contributed by atoms with Gasteiger partial charge in [-0.25, -0.2) is 4.79 Å². The lowest BCUT2D eigenvalue weighted by Crippen LogP contribution is -2.52. The molecule has 34 heavy (non-hydrogen) atoms. The zero-order valence-electron chi connectivity index (χ0n) is 18.6. The lowest BCUT2D eigenvalue weighted by atomic mass is 10.0. The Morgan fingerprint density at radius 3 is 2.68 bits per heavy atom. The predicted octanol–water partition coefficient (Wildman–Crippen LogP) is 1.79. The highest BCUT2D eigenvalue weighted by Crippen LogP contribution is 2.25. The number of hydrogen-bond donors (Lipinski definition) is 3. The van der Waals surface area contributed by atoms with Crippen molar-refractivity contribution in [3.63, 3.8) is 0 Å². The lowest BCUT2D eigenvalue weighted by molar-refractivity contribution is -0.308. The maximum atomic E-state index is 12.7. The molecule has 2 atom stereocenters. The Bertz CT molecular complexity index is 1440. The molecule has 1 amide bonds. The molecule has 0 aliphatic rings. The van der Waals surface area contributed by atoms with Crippen LogP contribution in [0.5, 0.6) is 11.5 Å². The second-order valence-electron chi connectivity index (χ2n) is 7.99. The normalized spacial score (nSPS) is 13.0. The van der Waals surface area contributed by atoms with Crippen molar-refractivity contribution in [1.29, 1.82) is 0 Å². The number of hydrogen-bond acceptors (Lipinski definition) is 7. The Balaban J connectivity index is 1.48. The van der Waals surface area contributed by atoms with Crippen molar-refractivity contribution < 1.29 is 29.0 Å². The monoisotopic (exact) mass is 463 g/mol. The number of ether oxygens (including phenoxy) is 1. The summed E-state index contributed by atoms with van der Waals surface area (Å²) in [6.45, 7) is 3.41. The summed E-state index contributed by atoms with van der Waals surface area (Å²) in [5.41, 5.74) is 2.03. The van der Waals surface area contributed by atoms with Gasteiger partial charge in [-0.15, -0.1) is 0 Å². The fourth-order valence-electron chi connectivity index (χ4n) is 3.87. The van der Waals surface area contributed by atoms with Crippen LogP contribution in [-0.2, 0) is 22.4 Å². The van der Waals surface area contributed by atoms with Gasteiger partial charge in [0.1, 0.15) is 17.1 Å². The minimum atomic E-state index is -1.45. The van der Waals surface area contributed by atoms with E-state index in [9.17, 15) is 24.6 Å². The van der Waals surface area contributed by atoms with Crippen LogP contribution < -0.4 is 20.8 Å². The van der Waals surface area contributed by atoms with E-state index in [4.69, 9.17) is 9.15 Å². The third-order valence-electron chi connectivity index (χ3n) is 5.64. The summed E-state index contributed by atoms with van der Waals surface area (Å²) < 4.78 is 10.9. The van der Waals surface area contributed by atoms with E-state index in [1.165, 1.54) is 31.2 Å². The average molecular weight is 463 g/mol. The number of aliphatic carboxylic acids is 1. The molecule has 0 radical (unpaired) electrons. The van der Waals surface area contributed by atoms with Gasteiger partial charge in [-0.1, -0.05) is 6.92 Å². The standard InChI is InChI=1S/C25H24N2O7/c1-3-14-9-23(29)34-22-11-17(5-6-18(14)22)33-13(2)24(30)27-21(25(31)32)8-15-12-26-20-7-4-16(28)10-19(15)20/h4-7,9-13,21,26,28H,3,8H2,1-2H3,(H,27,30)(H,31,32)/p-1/t13-,21-/m1/s1. The number of phenolic OH excluding ortho intramolecular Hbond substituents is 1. The van der Waals surface area contributed by atoms with Gasteiger partial charge in [-0.2, -0.15) is 0 Å². The van der Waals surface area contributed by atoms with Crippen molar-refractivity contribution in [3.8, 4) is 11.5 Å². The molecule has 4 rings (SSSR count). The number of carboxylic acid groups (broad SMARTS) is 1. The predicted molar refractivity (Wildman–Crippen MR) is 123 cm³/mol. The summed E-state index contributed by atoms with van der Waals surface area (Å²) in [6.07, 6.45) is 1.19. The van der Waals surface area contributed by atoms with Crippen molar-refractivity contribution in [2.45, 2.75) is 38.8 Å². The van der Waals surface area contributed by atoms with Crippen molar-refractivity contribution in [3.05, 3.63) is 70.2 Å². The summed E-state index contributed by atoms with van der Waals surface area (Å²) in [6, 6.07) is 9.74. The minimum absolute atomic E-state index is 0.0432. The summed E-state index contributed by atoms with van der Waals surface area (Å²) in [4.78, 5) is 39.2. The van der Waals surface area contributed by atoms with Gasteiger partial charge in [-0.3, -0.25) is 4.79 Å². The summed E-state index contributed by atoms with van der Waals surface area (Å²) in [7, 11) is 0. The van der Waals surface area contributed by atoms with Crippen LogP contribution in [0.2, 0.25) is 0 Å². The van der Waals surface area contributed by atoms with Gasteiger partial charge in [0.15, 0.2) is 6.10 Å². The van der Waals surface area contributed by atoms with Gasteiger partial charge in [0.05, 0.1) is 12.0 Å². The van der Waals surface area contributed by atoms with E-state index in [-0.39, 0.29) is 12.2 Å². The Kier molecular flexibility index (Phi) is 6.27. The third kappa shape index (κ3) is 4.73. The Morgan fingerprint density at radius 1 is 1.15 bits per heavy atom. The molecule has 3 N–H and O–H groups in total. The second kappa shape index (κ2) is 9.30. The number of aromatic hydroxyl groups is 1. The number of carbonyl (C=O) groups is 2. The van der Waals surface area contributed by atoms with Crippen molar-refractivity contribution in [1.82, 2.24) is 10.3 Å². The molecule has 2 heterocycles. The van der Waals surface area contributed by atoms with Crippen LogP contribution in [0.25, 0.3) is 21.9 Å². The molecule has 0 fully saturated rings. The van der Waals surface area contributed by atoms with E-state index in [1.54, 1.807) is 24.4 Å². The molecule has 0 saturated heterocycles. The Morgan fingerprint density at radius 2 is 1.94 bits per heavy atom. The highest BCUT2D eigenvalue weighted by Gasteiger charge is 2.22. The number of rotatable bonds is 8. The maximum absolute atomic E-state index is 12.7. The molecule has 2 aromatic carbocycles. The highest BCUT2D eigenvalue weighted by atomic mass is 16.5. The van der Waals surface area contributed by atoms with Crippen LogP contribution in [0.1, 0.15) is 25.0 Å². The first-order valence-electron chi connectivity index (χ1n) is 10.8. The first-order valence-corrected chi connectivity index (χ1v) is 10.8. The number of phenols is 1. The first-order chi connectivity index (χ1) is 16.2. The average Bonchev–Trinajstić information content (AvgIpc) is 3.19. The molecule has 9 heteroatoms. The summed E-state index contributed by atoms with van der Waals surface area (Å²) >= 11 is 0. The van der Waals surface area contributed by atoms with Gasteiger partial charge in [0.25, 0.3) is 5.91 Å². The number of aromatic amines is 1. The molecule has 2 aromatic heterocycles. The van der Waals surface area contributed by atoms with Crippen LogP contribution in [0.3, 0.4) is 0 Å². The van der Waals surface area contributed by atoms with Gasteiger partial charge >= 0.3 is 5.63 Å². The third-order valence-corrected chi connectivity index (χ3v) is 5.64. The number of nitrogens with one attached hydrogen (secondary N) is 2. The first kappa shape index (κ1) is 22.9. The Hall–Kier alpha value is -4.27. The molecular formula is C25H23N2O7-. The molecule has 176 valence electrons. The van der Waals surface area contributed by atoms with E-state index in [0.717, 1.165) is 16.5 Å². The number of aromatic nitrogens is 1. The molecular weight excluding hydrogens is 440 g/mol. The van der Waals surface area contributed by atoms with Crippen LogP contribution in [-0.4, -0.2) is 34.1 Å². The number of carboxylic acids is 1. The zero-order valence-corrected chi connectivity index (χ0v) is 18.6. The highest BCUT2D eigenvalue weighted by molar-refractivity contribution is 5.88. The maximum Gasteiger partial charge on any atom is 0.336 e. The van der Waals surface area contributed by atoms with Crippen LogP contribution in [0.15, 0.2) is 57.9 Å². The van der Waals surface area contributed by atoms with Crippen molar-refractivity contribution in [2.24, 2.45) is 0 Å². The molecule has 0 aliphatic carbocycles. The van der Waals surface area contributed by atoms with Crippen molar-refractivity contribution in [2.75, 3.05) is 0 Å². The number of fused-ring (bicyclic) bond motifs is 2. The smallest absolute Gasteiger partial charge is 0.336 e. The van der Waals surface area contributed by atoms with Crippen molar-refractivity contribution >= 4 is 33.7 Å². The van der Waals surface area contributed by atoms with Gasteiger partial charge in [0, 0.05) is 41.0 Å². The molecule has 0 aliphatic heterocycles. The number of carbonyl (C=O) groups excluding carboxylic acids is 2. The fraction of sp³-hybridized carbons (Fsp3) is 0.240. The van der Waals surface area contributed by atoms with Gasteiger partial charge in [-0.05, 0) is 54.8 Å². The number of aryl methyl sites for hydroxylation is 1. The van der Waals surface area contributed by atoms with Crippen LogP contribution >= 0.6 is 0 Å². The molecule has 4 aromatic rings. The van der Waals surface area contributed by atoms with Gasteiger partial charge in [0.2, 0.25) is 0 Å². The van der Waals surface area contributed by atoms with Crippen LogP contribution in [0, 0.1) is 0 Å². The summed E-state index contributed by atoms with van der Waals surface area (Å²) in [5.74, 6) is -1.76. The van der Waals surface area contributed by atoms with E-state index in [2.05, 4.69) is 10.3 Å². The zero-order chi connectivity index (χ0) is 24.4. The number of H-pyrrole nitrogens is 1. The molecule has 0 bridgehead atoms. The van der Waals surface area contributed by atoms with E-state index < -0.39 is 29.6 Å². The second-order valence-corrected chi connectivity index (χ2v) is 7.99. The number of amides is 1. The largest absolute Gasteiger partial charge is 0.548 e. The summed E-state index contributed by atoms with van der Waals surface area (Å²) in [5, 5.41) is 25.3. The number of benzene rings is 2. The van der Waals surface area contributed by atoms with E-state index >= 15 is 0 Å². The fourth-order valence-corrected chi connectivity index (χ4v) is 3.87. The molecule has 0 saturated carbocycles. The Labute approximate surface area is 194 Å². The SMILES string of the molecule is CCc1cc(=O)oc2cc(O[C@H](C)C(=O)N[C@H](Cc3c[nH]c4ccc(O)cc34)C(=O)[O-])ccc12. The van der Waals surface area contributed by atoms with E-state index in [1.807, 2.05) is 6.92 Å². The topological polar surface area (TPSA) is 145 Å². The van der Waals surface area contributed by atoms with Gasteiger partial charge < -0.3 is 34.5 Å².